The third kappa shape index (κ3) is 2.08. The number of nitro groups is 1. The first kappa shape index (κ1) is 13.0. The van der Waals surface area contributed by atoms with Crippen LogP contribution in [0.1, 0.15) is 5.56 Å². The highest BCUT2D eigenvalue weighted by Crippen LogP contribution is 2.30. The Kier molecular flexibility index (Phi) is 2.83. The van der Waals surface area contributed by atoms with E-state index < -0.39 is 16.4 Å². The van der Waals surface area contributed by atoms with Gasteiger partial charge in [-0.1, -0.05) is 0 Å². The van der Waals surface area contributed by atoms with Gasteiger partial charge >= 0.3 is 5.69 Å². The lowest BCUT2D eigenvalue weighted by Crippen LogP contribution is -1.96. The predicted molar refractivity (Wildman–Crippen MR) is 76.4 cm³/mol. The Hall–Kier alpha value is -2.96. The molecule has 0 spiro atoms. The molecule has 0 amide bonds. The van der Waals surface area contributed by atoms with E-state index in [9.17, 15) is 14.5 Å². The number of aryl methyl sites for hydroxylation is 1. The molecule has 0 saturated carbocycles. The fraction of sp³-hybridized carbons (Fsp3) is 0.0714. The van der Waals surface area contributed by atoms with Crippen molar-refractivity contribution in [3.05, 3.63) is 58.0 Å². The second-order valence-electron chi connectivity index (χ2n) is 4.70. The molecule has 1 aromatic carbocycles. The first-order valence-corrected chi connectivity index (χ1v) is 6.16. The molecule has 0 fully saturated rings. The first-order valence-electron chi connectivity index (χ1n) is 6.16. The summed E-state index contributed by atoms with van der Waals surface area (Å²) in [6, 6.07) is 7.33. The summed E-state index contributed by atoms with van der Waals surface area (Å²) in [5.41, 5.74) is 7.87. The second-order valence-corrected chi connectivity index (χ2v) is 4.70. The Bertz CT molecular complexity index is 873. The monoisotopic (exact) mass is 286 g/mol. The van der Waals surface area contributed by atoms with Crippen molar-refractivity contribution in [2.45, 2.75) is 6.92 Å². The van der Waals surface area contributed by atoms with Gasteiger partial charge in [-0.3, -0.25) is 14.5 Å². The number of nitrogens with zero attached hydrogens (tertiary/aromatic N) is 3. The molecule has 7 heteroatoms. The number of nitro benzene ring substituents is 1. The van der Waals surface area contributed by atoms with Crippen molar-refractivity contribution in [1.29, 1.82) is 0 Å². The topological polar surface area (TPSA) is 86.5 Å². The molecule has 0 atom stereocenters. The molecular formula is C14H11FN4O2. The van der Waals surface area contributed by atoms with Crippen molar-refractivity contribution in [2.24, 2.45) is 0 Å². The summed E-state index contributed by atoms with van der Waals surface area (Å²) in [4.78, 5) is 14.4. The van der Waals surface area contributed by atoms with Crippen LogP contribution in [0.4, 0.5) is 15.9 Å². The molecule has 2 aromatic heterocycles. The Morgan fingerprint density at radius 1 is 1.33 bits per heavy atom. The maximum Gasteiger partial charge on any atom is 0.305 e. The van der Waals surface area contributed by atoms with Gasteiger partial charge in [0.25, 0.3) is 0 Å². The molecule has 0 saturated heterocycles. The van der Waals surface area contributed by atoms with Gasteiger partial charge < -0.3 is 5.73 Å². The van der Waals surface area contributed by atoms with Crippen molar-refractivity contribution in [1.82, 2.24) is 9.38 Å². The van der Waals surface area contributed by atoms with Crippen molar-refractivity contribution in [2.75, 3.05) is 5.73 Å². The number of nitrogen functional groups attached to an aromatic ring is 1. The second kappa shape index (κ2) is 4.55. The molecule has 0 aliphatic carbocycles. The van der Waals surface area contributed by atoms with E-state index in [4.69, 9.17) is 5.73 Å². The highest BCUT2D eigenvalue weighted by Gasteiger charge is 2.18. The zero-order chi connectivity index (χ0) is 15.1. The fourth-order valence-corrected chi connectivity index (χ4v) is 2.18. The van der Waals surface area contributed by atoms with E-state index in [-0.39, 0.29) is 0 Å². The van der Waals surface area contributed by atoms with Crippen LogP contribution in [0.2, 0.25) is 0 Å². The normalized spacial score (nSPS) is 11.0. The summed E-state index contributed by atoms with van der Waals surface area (Å²) in [7, 11) is 0. The largest absolute Gasteiger partial charge is 0.383 e. The standard InChI is InChI=1S/C14H11FN4O2/c1-8-4-5-18-12(6-8)17-13(14(18)16)9-2-3-10(15)11(7-9)19(20)21/h2-7H,16H2,1H3. The van der Waals surface area contributed by atoms with Crippen LogP contribution >= 0.6 is 0 Å². The Morgan fingerprint density at radius 2 is 2.10 bits per heavy atom. The number of rotatable bonds is 2. The van der Waals surface area contributed by atoms with Crippen molar-refractivity contribution in [3.63, 3.8) is 0 Å². The van der Waals surface area contributed by atoms with E-state index >= 15 is 0 Å². The lowest BCUT2D eigenvalue weighted by Gasteiger charge is -2.00. The fourth-order valence-electron chi connectivity index (χ4n) is 2.18. The molecule has 0 aliphatic rings. The summed E-state index contributed by atoms with van der Waals surface area (Å²) >= 11 is 0. The van der Waals surface area contributed by atoms with Crippen LogP contribution in [0.15, 0.2) is 36.5 Å². The van der Waals surface area contributed by atoms with Gasteiger partial charge in [-0.05, 0) is 36.8 Å². The lowest BCUT2D eigenvalue weighted by molar-refractivity contribution is -0.387. The van der Waals surface area contributed by atoms with Crippen molar-refractivity contribution in [3.8, 4) is 11.3 Å². The smallest absolute Gasteiger partial charge is 0.305 e. The zero-order valence-electron chi connectivity index (χ0n) is 11.1. The zero-order valence-corrected chi connectivity index (χ0v) is 11.1. The first-order chi connectivity index (χ1) is 9.97. The molecule has 0 aliphatic heterocycles. The number of fused-ring (bicyclic) bond motifs is 1. The number of anilines is 1. The van der Waals surface area contributed by atoms with Gasteiger partial charge in [0.2, 0.25) is 5.82 Å². The molecule has 21 heavy (non-hydrogen) atoms. The molecule has 0 radical (unpaired) electrons. The van der Waals surface area contributed by atoms with Crippen molar-refractivity contribution < 1.29 is 9.31 Å². The van der Waals surface area contributed by atoms with Crippen LogP contribution < -0.4 is 5.73 Å². The van der Waals surface area contributed by atoms with Crippen LogP contribution in [0.5, 0.6) is 0 Å². The Labute approximate surface area is 118 Å². The minimum Gasteiger partial charge on any atom is -0.383 e. The Balaban J connectivity index is 2.23. The number of hydrogen-bond donors (Lipinski definition) is 1. The van der Waals surface area contributed by atoms with Gasteiger partial charge in [0.1, 0.15) is 17.2 Å². The molecular weight excluding hydrogens is 275 g/mol. The van der Waals surface area contributed by atoms with E-state index in [2.05, 4.69) is 4.98 Å². The van der Waals surface area contributed by atoms with E-state index in [0.717, 1.165) is 17.7 Å². The van der Waals surface area contributed by atoms with Gasteiger partial charge in [0.05, 0.1) is 4.92 Å². The number of nitrogens with two attached hydrogens (primary N) is 1. The number of aromatic nitrogens is 2. The van der Waals surface area contributed by atoms with E-state index in [1.165, 1.54) is 6.07 Å². The third-order valence-corrected chi connectivity index (χ3v) is 3.23. The minimum atomic E-state index is -0.887. The lowest BCUT2D eigenvalue weighted by atomic mass is 10.1. The van der Waals surface area contributed by atoms with Crippen LogP contribution in [0.25, 0.3) is 16.9 Å². The third-order valence-electron chi connectivity index (χ3n) is 3.23. The summed E-state index contributed by atoms with van der Waals surface area (Å²) in [5, 5.41) is 10.8. The number of benzene rings is 1. The molecule has 3 aromatic rings. The highest BCUT2D eigenvalue weighted by molar-refractivity contribution is 5.76. The van der Waals surface area contributed by atoms with Crippen LogP contribution in [-0.2, 0) is 0 Å². The maximum atomic E-state index is 13.4. The highest BCUT2D eigenvalue weighted by atomic mass is 19.1. The average Bonchev–Trinajstić information content (AvgIpc) is 2.75. The Morgan fingerprint density at radius 3 is 2.81 bits per heavy atom. The molecule has 2 heterocycles. The summed E-state index contributed by atoms with van der Waals surface area (Å²) < 4.78 is 15.1. The molecule has 6 nitrogen and oxygen atoms in total. The van der Waals surface area contributed by atoms with E-state index in [0.29, 0.717) is 22.7 Å². The predicted octanol–water partition coefficient (Wildman–Crippen LogP) is 2.94. The minimum absolute atomic E-state index is 0.353. The quantitative estimate of drug-likeness (QED) is 0.579. The molecule has 0 unspecified atom stereocenters. The average molecular weight is 286 g/mol. The van der Waals surface area contributed by atoms with Crippen LogP contribution in [0, 0.1) is 22.9 Å². The summed E-state index contributed by atoms with van der Waals surface area (Å²) in [6.07, 6.45) is 1.77. The molecule has 3 rings (SSSR count). The summed E-state index contributed by atoms with van der Waals surface area (Å²) in [6.45, 7) is 1.92. The van der Waals surface area contributed by atoms with Gasteiger partial charge in [0.15, 0.2) is 0 Å². The number of imidazole rings is 1. The SMILES string of the molecule is Cc1ccn2c(N)c(-c3ccc(F)c([N+](=O)[O-])c3)nc2c1. The number of pyridine rings is 1. The number of halogens is 1. The van der Waals surface area contributed by atoms with E-state index in [1.807, 2.05) is 19.1 Å². The van der Waals surface area contributed by atoms with E-state index in [1.54, 1.807) is 10.6 Å². The van der Waals surface area contributed by atoms with Crippen LogP contribution in [0.3, 0.4) is 0 Å². The maximum absolute atomic E-state index is 13.4. The molecule has 2 N–H and O–H groups in total. The summed E-state index contributed by atoms with van der Waals surface area (Å²) in [5.74, 6) is -0.534. The van der Waals surface area contributed by atoms with Gasteiger partial charge in [-0.2, -0.15) is 4.39 Å². The van der Waals surface area contributed by atoms with Crippen molar-refractivity contribution >= 4 is 17.2 Å². The van der Waals surface area contributed by atoms with Gasteiger partial charge in [-0.25, -0.2) is 4.98 Å². The molecule has 0 bridgehead atoms. The van der Waals surface area contributed by atoms with Gasteiger partial charge in [-0.15, -0.1) is 0 Å². The molecule has 106 valence electrons. The van der Waals surface area contributed by atoms with Gasteiger partial charge in [0, 0.05) is 17.8 Å². The van der Waals surface area contributed by atoms with Crippen LogP contribution in [-0.4, -0.2) is 14.3 Å². The number of hydrogen-bond acceptors (Lipinski definition) is 4.